The van der Waals surface area contributed by atoms with Gasteiger partial charge in [0.2, 0.25) is 0 Å². The third-order valence-electron chi connectivity index (χ3n) is 3.52. The average Bonchev–Trinajstić information content (AvgIpc) is 2.69. The zero-order chi connectivity index (χ0) is 19.5. The predicted molar refractivity (Wildman–Crippen MR) is 99.5 cm³/mol. The number of rotatable bonds is 10. The summed E-state index contributed by atoms with van der Waals surface area (Å²) in [7, 11) is 0. The van der Waals surface area contributed by atoms with Gasteiger partial charge in [-0.3, -0.25) is 9.59 Å². The fourth-order valence-corrected chi connectivity index (χ4v) is 2.17. The minimum Gasteiger partial charge on any atom is -0.494 e. The van der Waals surface area contributed by atoms with Crippen LogP contribution in [0.2, 0.25) is 0 Å². The first-order chi connectivity index (χ1) is 13.1. The molecular weight excluding hydrogens is 351 g/mol. The van der Waals surface area contributed by atoms with Crippen LogP contribution in [0, 0.1) is 5.82 Å². The molecule has 0 aromatic heterocycles. The molecular formula is C20H23FN2O4. The summed E-state index contributed by atoms with van der Waals surface area (Å²) in [6, 6.07) is 12.7. The van der Waals surface area contributed by atoms with Gasteiger partial charge in [0.1, 0.15) is 17.3 Å². The topological polar surface area (TPSA) is 76.7 Å². The molecule has 2 rings (SSSR count). The van der Waals surface area contributed by atoms with Crippen LogP contribution in [0.1, 0.15) is 23.7 Å². The van der Waals surface area contributed by atoms with Crippen molar-refractivity contribution in [2.24, 2.45) is 0 Å². The van der Waals surface area contributed by atoms with E-state index in [4.69, 9.17) is 9.47 Å². The molecule has 0 saturated carbocycles. The number of benzene rings is 2. The number of ether oxygens (including phenoxy) is 2. The molecule has 0 heterocycles. The maximum atomic E-state index is 13.5. The molecule has 0 atom stereocenters. The first-order valence-corrected chi connectivity index (χ1v) is 8.75. The second-order valence-corrected chi connectivity index (χ2v) is 5.69. The minimum absolute atomic E-state index is 0.0291. The molecule has 0 aliphatic carbocycles. The lowest BCUT2D eigenvalue weighted by atomic mass is 10.2. The Morgan fingerprint density at radius 2 is 1.56 bits per heavy atom. The standard InChI is InChI=1S/C20H23FN2O4/c1-2-13-26-15-7-9-16(10-8-15)27-14-19(24)22-11-12-23-20(25)17-5-3-4-6-18(17)21/h3-10H,2,11-14H2,1H3,(H,22,24)(H,23,25). The Morgan fingerprint density at radius 1 is 0.926 bits per heavy atom. The van der Waals surface area contributed by atoms with Crippen LogP contribution < -0.4 is 20.1 Å². The molecule has 0 fully saturated rings. The van der Waals surface area contributed by atoms with Crippen molar-refractivity contribution in [1.29, 1.82) is 0 Å². The van der Waals surface area contributed by atoms with E-state index < -0.39 is 11.7 Å². The molecule has 6 nitrogen and oxygen atoms in total. The van der Waals surface area contributed by atoms with Gasteiger partial charge in [0, 0.05) is 13.1 Å². The summed E-state index contributed by atoms with van der Waals surface area (Å²) < 4.78 is 24.3. The van der Waals surface area contributed by atoms with E-state index in [1.165, 1.54) is 18.2 Å². The van der Waals surface area contributed by atoms with Gasteiger partial charge in [0.05, 0.1) is 12.2 Å². The van der Waals surface area contributed by atoms with Crippen LogP contribution in [0.3, 0.4) is 0 Å². The quantitative estimate of drug-likeness (QED) is 0.627. The van der Waals surface area contributed by atoms with Gasteiger partial charge in [0.15, 0.2) is 6.61 Å². The number of hydrogen-bond acceptors (Lipinski definition) is 4. The highest BCUT2D eigenvalue weighted by Crippen LogP contribution is 2.17. The van der Waals surface area contributed by atoms with Gasteiger partial charge in [-0.15, -0.1) is 0 Å². The third-order valence-corrected chi connectivity index (χ3v) is 3.52. The number of halogens is 1. The molecule has 2 aromatic carbocycles. The summed E-state index contributed by atoms with van der Waals surface area (Å²) in [4.78, 5) is 23.6. The van der Waals surface area contributed by atoms with E-state index in [2.05, 4.69) is 10.6 Å². The van der Waals surface area contributed by atoms with Crippen LogP contribution in [0.5, 0.6) is 11.5 Å². The van der Waals surface area contributed by atoms with Gasteiger partial charge in [-0.05, 0) is 42.8 Å². The third kappa shape index (κ3) is 6.97. The van der Waals surface area contributed by atoms with Crippen molar-refractivity contribution in [3.63, 3.8) is 0 Å². The smallest absolute Gasteiger partial charge is 0.258 e. The summed E-state index contributed by atoms with van der Waals surface area (Å²) >= 11 is 0. The number of nitrogens with one attached hydrogen (secondary N) is 2. The number of hydrogen-bond donors (Lipinski definition) is 2. The highest BCUT2D eigenvalue weighted by atomic mass is 19.1. The van der Waals surface area contributed by atoms with Crippen LogP contribution in [-0.2, 0) is 4.79 Å². The molecule has 0 unspecified atom stereocenters. The molecule has 0 radical (unpaired) electrons. The Kier molecular flexibility index (Phi) is 8.09. The predicted octanol–water partition coefficient (Wildman–Crippen LogP) is 2.54. The van der Waals surface area contributed by atoms with E-state index in [0.29, 0.717) is 12.4 Å². The lowest BCUT2D eigenvalue weighted by molar-refractivity contribution is -0.123. The molecule has 0 bridgehead atoms. The summed E-state index contributed by atoms with van der Waals surface area (Å²) in [6.45, 7) is 2.93. The van der Waals surface area contributed by atoms with Crippen molar-refractivity contribution in [3.05, 3.63) is 59.9 Å². The molecule has 7 heteroatoms. The molecule has 0 spiro atoms. The molecule has 2 amide bonds. The molecule has 0 aliphatic heterocycles. The second-order valence-electron chi connectivity index (χ2n) is 5.69. The molecule has 0 aliphatic rings. The number of carbonyl (C=O) groups excluding carboxylic acids is 2. The van der Waals surface area contributed by atoms with E-state index in [0.717, 1.165) is 12.2 Å². The highest BCUT2D eigenvalue weighted by Gasteiger charge is 2.10. The Labute approximate surface area is 157 Å². The van der Waals surface area contributed by atoms with Gasteiger partial charge in [0.25, 0.3) is 11.8 Å². The van der Waals surface area contributed by atoms with E-state index >= 15 is 0 Å². The van der Waals surface area contributed by atoms with E-state index in [1.807, 2.05) is 6.92 Å². The van der Waals surface area contributed by atoms with Crippen molar-refractivity contribution < 1.29 is 23.5 Å². The lowest BCUT2D eigenvalue weighted by Gasteiger charge is -2.09. The minimum atomic E-state index is -0.585. The fourth-order valence-electron chi connectivity index (χ4n) is 2.17. The zero-order valence-corrected chi connectivity index (χ0v) is 15.2. The zero-order valence-electron chi connectivity index (χ0n) is 15.2. The number of amides is 2. The summed E-state index contributed by atoms with van der Waals surface area (Å²) in [5.41, 5.74) is -0.0291. The van der Waals surface area contributed by atoms with Gasteiger partial charge >= 0.3 is 0 Å². The fraction of sp³-hybridized carbons (Fsp3) is 0.300. The molecule has 0 saturated heterocycles. The Morgan fingerprint density at radius 3 is 2.22 bits per heavy atom. The van der Waals surface area contributed by atoms with Crippen LogP contribution in [0.15, 0.2) is 48.5 Å². The molecule has 2 N–H and O–H groups in total. The van der Waals surface area contributed by atoms with Crippen molar-refractivity contribution >= 4 is 11.8 Å². The highest BCUT2D eigenvalue weighted by molar-refractivity contribution is 5.94. The largest absolute Gasteiger partial charge is 0.494 e. The SMILES string of the molecule is CCCOc1ccc(OCC(=O)NCCNC(=O)c2ccccc2F)cc1. The monoisotopic (exact) mass is 374 g/mol. The Bertz CT molecular complexity index is 750. The Balaban J connectivity index is 1.63. The van der Waals surface area contributed by atoms with E-state index in [1.54, 1.807) is 30.3 Å². The summed E-state index contributed by atoms with van der Waals surface area (Å²) in [5.74, 6) is -0.120. The summed E-state index contributed by atoms with van der Waals surface area (Å²) in [5, 5.41) is 5.16. The second kappa shape index (κ2) is 10.8. The van der Waals surface area contributed by atoms with Gasteiger partial charge in [-0.1, -0.05) is 19.1 Å². The summed E-state index contributed by atoms with van der Waals surface area (Å²) in [6.07, 6.45) is 0.930. The van der Waals surface area contributed by atoms with E-state index in [9.17, 15) is 14.0 Å². The van der Waals surface area contributed by atoms with Crippen LogP contribution in [-0.4, -0.2) is 38.1 Å². The Hall–Kier alpha value is -3.09. The van der Waals surface area contributed by atoms with Crippen molar-refractivity contribution in [2.45, 2.75) is 13.3 Å². The van der Waals surface area contributed by atoms with Crippen molar-refractivity contribution in [1.82, 2.24) is 10.6 Å². The number of carbonyl (C=O) groups is 2. The maximum absolute atomic E-state index is 13.5. The van der Waals surface area contributed by atoms with Crippen molar-refractivity contribution in [2.75, 3.05) is 26.3 Å². The van der Waals surface area contributed by atoms with Crippen LogP contribution >= 0.6 is 0 Å². The molecule has 27 heavy (non-hydrogen) atoms. The van der Waals surface area contributed by atoms with Crippen LogP contribution in [0.25, 0.3) is 0 Å². The normalized spacial score (nSPS) is 10.1. The first kappa shape index (κ1) is 20.2. The van der Waals surface area contributed by atoms with Gasteiger partial charge < -0.3 is 20.1 Å². The first-order valence-electron chi connectivity index (χ1n) is 8.75. The maximum Gasteiger partial charge on any atom is 0.258 e. The van der Waals surface area contributed by atoms with E-state index in [-0.39, 0.29) is 31.2 Å². The molecule has 144 valence electrons. The van der Waals surface area contributed by atoms with Crippen molar-refractivity contribution in [3.8, 4) is 11.5 Å². The van der Waals surface area contributed by atoms with Gasteiger partial charge in [-0.25, -0.2) is 4.39 Å². The van der Waals surface area contributed by atoms with Crippen LogP contribution in [0.4, 0.5) is 4.39 Å². The average molecular weight is 374 g/mol. The van der Waals surface area contributed by atoms with Gasteiger partial charge in [-0.2, -0.15) is 0 Å². The molecule has 2 aromatic rings. The lowest BCUT2D eigenvalue weighted by Crippen LogP contribution is -2.37.